The molecule has 1 fully saturated rings. The van der Waals surface area contributed by atoms with Crippen LogP contribution in [-0.2, 0) is 27.7 Å². The molecule has 1 heterocycles. The molecule has 1 saturated heterocycles. The number of amides is 1. The van der Waals surface area contributed by atoms with Crippen molar-refractivity contribution in [3.05, 3.63) is 59.2 Å². The third-order valence-corrected chi connectivity index (χ3v) is 8.18. The lowest BCUT2D eigenvalue weighted by molar-refractivity contribution is -0.121. The summed E-state index contributed by atoms with van der Waals surface area (Å²) < 4.78 is 32.8. The van der Waals surface area contributed by atoms with Crippen LogP contribution in [0, 0.1) is 0 Å². The zero-order valence-corrected chi connectivity index (χ0v) is 18.8. The molecular formula is C24H30N2O4S. The van der Waals surface area contributed by atoms with E-state index in [1.54, 1.807) is 25.3 Å². The second kappa shape index (κ2) is 9.40. The molecule has 1 amide bonds. The van der Waals surface area contributed by atoms with E-state index >= 15 is 0 Å². The van der Waals surface area contributed by atoms with E-state index in [4.69, 9.17) is 4.74 Å². The molecule has 0 spiro atoms. The van der Waals surface area contributed by atoms with Crippen molar-refractivity contribution in [1.29, 1.82) is 0 Å². The van der Waals surface area contributed by atoms with E-state index < -0.39 is 10.0 Å². The first-order chi connectivity index (χ1) is 15.0. The minimum absolute atomic E-state index is 0.0310. The maximum atomic E-state index is 12.9. The van der Waals surface area contributed by atoms with E-state index in [1.165, 1.54) is 15.4 Å². The Labute approximate surface area is 184 Å². The molecule has 0 unspecified atom stereocenters. The molecule has 2 aromatic carbocycles. The van der Waals surface area contributed by atoms with Crippen LogP contribution in [0.2, 0.25) is 0 Å². The highest BCUT2D eigenvalue weighted by Gasteiger charge is 2.28. The van der Waals surface area contributed by atoms with Gasteiger partial charge in [0.2, 0.25) is 15.9 Å². The first kappa shape index (κ1) is 21.8. The maximum Gasteiger partial charge on any atom is 0.243 e. The fourth-order valence-electron chi connectivity index (χ4n) is 4.61. The molecule has 166 valence electrons. The largest absolute Gasteiger partial charge is 0.496 e. The van der Waals surface area contributed by atoms with Gasteiger partial charge in [-0.2, -0.15) is 4.31 Å². The molecule has 1 atom stereocenters. The Bertz CT molecular complexity index is 1050. The van der Waals surface area contributed by atoms with Crippen LogP contribution >= 0.6 is 0 Å². The molecule has 2 aliphatic rings. The van der Waals surface area contributed by atoms with Crippen molar-refractivity contribution in [2.45, 2.75) is 55.9 Å². The molecule has 6 nitrogen and oxygen atoms in total. The average molecular weight is 443 g/mol. The van der Waals surface area contributed by atoms with Crippen molar-refractivity contribution >= 4 is 15.9 Å². The molecule has 1 aliphatic heterocycles. The first-order valence-electron chi connectivity index (χ1n) is 11.0. The number of nitrogens with zero attached hydrogens (tertiary/aromatic N) is 1. The highest BCUT2D eigenvalue weighted by Crippen LogP contribution is 2.30. The molecule has 1 aliphatic carbocycles. The van der Waals surface area contributed by atoms with Gasteiger partial charge in [0.25, 0.3) is 0 Å². The van der Waals surface area contributed by atoms with Crippen LogP contribution in [0.1, 0.15) is 54.8 Å². The number of rotatable bonds is 7. The van der Waals surface area contributed by atoms with E-state index in [2.05, 4.69) is 17.4 Å². The molecule has 4 rings (SSSR count). The Kier molecular flexibility index (Phi) is 6.62. The van der Waals surface area contributed by atoms with Gasteiger partial charge in [-0.1, -0.05) is 24.3 Å². The van der Waals surface area contributed by atoms with E-state index in [1.807, 2.05) is 12.1 Å². The highest BCUT2D eigenvalue weighted by molar-refractivity contribution is 7.89. The van der Waals surface area contributed by atoms with E-state index in [0.29, 0.717) is 25.3 Å². The minimum Gasteiger partial charge on any atom is -0.496 e. The summed E-state index contributed by atoms with van der Waals surface area (Å²) in [7, 11) is -1.94. The summed E-state index contributed by atoms with van der Waals surface area (Å²) in [4.78, 5) is 13.0. The number of hydrogen-bond donors (Lipinski definition) is 1. The summed E-state index contributed by atoms with van der Waals surface area (Å²) in [6, 6.07) is 13.3. The molecule has 31 heavy (non-hydrogen) atoms. The number of sulfonamides is 1. The van der Waals surface area contributed by atoms with Crippen molar-refractivity contribution < 1.29 is 17.9 Å². The summed E-state index contributed by atoms with van der Waals surface area (Å²) in [6.07, 6.45) is 5.55. The highest BCUT2D eigenvalue weighted by atomic mass is 32.2. The lowest BCUT2D eigenvalue weighted by atomic mass is 9.87. The monoisotopic (exact) mass is 442 g/mol. The van der Waals surface area contributed by atoms with Gasteiger partial charge in [0, 0.05) is 19.5 Å². The van der Waals surface area contributed by atoms with Crippen LogP contribution < -0.4 is 10.1 Å². The smallest absolute Gasteiger partial charge is 0.243 e. The minimum atomic E-state index is -3.50. The van der Waals surface area contributed by atoms with Crippen LogP contribution in [-0.4, -0.2) is 38.8 Å². The predicted molar refractivity (Wildman–Crippen MR) is 120 cm³/mol. The standard InChI is InChI=1S/C24H30N2O4S/c1-30-23-13-12-20(31(28,29)26-15-4-5-16-26)17-19(23)11-14-24(27)25-22-10-6-8-18-7-2-3-9-21(18)22/h2-3,7,9,12-13,17,22H,4-6,8,10-11,14-16H2,1H3,(H,25,27)/t22-/m1/s1. The quantitative estimate of drug-likeness (QED) is 0.711. The summed E-state index contributed by atoms with van der Waals surface area (Å²) >= 11 is 0. The number of nitrogens with one attached hydrogen (secondary N) is 1. The van der Waals surface area contributed by atoms with Gasteiger partial charge in [-0.25, -0.2) is 8.42 Å². The van der Waals surface area contributed by atoms with Gasteiger partial charge in [0.1, 0.15) is 5.75 Å². The second-order valence-electron chi connectivity index (χ2n) is 8.30. The van der Waals surface area contributed by atoms with Gasteiger partial charge in [-0.15, -0.1) is 0 Å². The van der Waals surface area contributed by atoms with Crippen LogP contribution in [0.3, 0.4) is 0 Å². The van der Waals surface area contributed by atoms with Crippen molar-refractivity contribution in [1.82, 2.24) is 9.62 Å². The van der Waals surface area contributed by atoms with Gasteiger partial charge in [-0.3, -0.25) is 4.79 Å². The number of hydrogen-bond acceptors (Lipinski definition) is 4. The molecule has 0 aromatic heterocycles. The maximum absolute atomic E-state index is 12.9. The number of benzene rings is 2. The van der Waals surface area contributed by atoms with Gasteiger partial charge >= 0.3 is 0 Å². The first-order valence-corrected chi connectivity index (χ1v) is 12.5. The van der Waals surface area contributed by atoms with E-state index in [-0.39, 0.29) is 23.3 Å². The zero-order chi connectivity index (χ0) is 21.8. The fourth-order valence-corrected chi connectivity index (χ4v) is 6.18. The van der Waals surface area contributed by atoms with Gasteiger partial charge < -0.3 is 10.1 Å². The number of carbonyl (C=O) groups is 1. The number of ether oxygens (including phenoxy) is 1. The van der Waals surface area contributed by atoms with Crippen molar-refractivity contribution in [3.8, 4) is 5.75 Å². The van der Waals surface area contributed by atoms with Crippen molar-refractivity contribution in [2.75, 3.05) is 20.2 Å². The molecule has 2 aromatic rings. The summed E-state index contributed by atoms with van der Waals surface area (Å²) in [5.41, 5.74) is 3.25. The lowest BCUT2D eigenvalue weighted by Gasteiger charge is -2.26. The predicted octanol–water partition coefficient (Wildman–Crippen LogP) is 3.61. The van der Waals surface area contributed by atoms with Crippen LogP contribution in [0.15, 0.2) is 47.4 Å². The van der Waals surface area contributed by atoms with Crippen molar-refractivity contribution in [3.63, 3.8) is 0 Å². The Balaban J connectivity index is 1.45. The lowest BCUT2D eigenvalue weighted by Crippen LogP contribution is -2.31. The van der Waals surface area contributed by atoms with Crippen LogP contribution in [0.25, 0.3) is 0 Å². The van der Waals surface area contributed by atoms with E-state index in [9.17, 15) is 13.2 Å². The Morgan fingerprint density at radius 2 is 1.90 bits per heavy atom. The van der Waals surface area contributed by atoms with Gasteiger partial charge in [-0.05, 0) is 73.4 Å². The van der Waals surface area contributed by atoms with Crippen molar-refractivity contribution in [2.24, 2.45) is 0 Å². The number of aryl methyl sites for hydroxylation is 2. The Hall–Kier alpha value is -2.38. The third-order valence-electron chi connectivity index (χ3n) is 6.28. The number of carbonyl (C=O) groups excluding carboxylic acids is 1. The zero-order valence-electron chi connectivity index (χ0n) is 18.0. The van der Waals surface area contributed by atoms with Gasteiger partial charge in [0.15, 0.2) is 0 Å². The Morgan fingerprint density at radius 1 is 1.13 bits per heavy atom. The van der Waals surface area contributed by atoms with Crippen LogP contribution in [0.4, 0.5) is 0 Å². The number of fused-ring (bicyclic) bond motifs is 1. The molecule has 0 bridgehead atoms. The summed E-state index contributed by atoms with van der Waals surface area (Å²) in [5.74, 6) is 0.577. The Morgan fingerprint density at radius 3 is 2.68 bits per heavy atom. The normalized spacial score (nSPS) is 19.1. The number of methoxy groups -OCH3 is 1. The van der Waals surface area contributed by atoms with Crippen LogP contribution in [0.5, 0.6) is 5.75 Å². The molecular weight excluding hydrogens is 412 g/mol. The molecule has 0 saturated carbocycles. The summed E-state index contributed by atoms with van der Waals surface area (Å²) in [6.45, 7) is 1.13. The van der Waals surface area contributed by atoms with E-state index in [0.717, 1.165) is 37.7 Å². The molecule has 0 radical (unpaired) electrons. The summed E-state index contributed by atoms with van der Waals surface area (Å²) in [5, 5.41) is 3.17. The SMILES string of the molecule is COc1ccc(S(=O)(=O)N2CCCC2)cc1CCC(=O)N[C@@H]1CCCc2ccccc21. The second-order valence-corrected chi connectivity index (χ2v) is 10.2. The molecule has 1 N–H and O–H groups in total. The average Bonchev–Trinajstić information content (AvgIpc) is 3.34. The molecule has 7 heteroatoms. The fraction of sp³-hybridized carbons (Fsp3) is 0.458. The topological polar surface area (TPSA) is 75.7 Å². The van der Waals surface area contributed by atoms with Gasteiger partial charge in [0.05, 0.1) is 18.0 Å². The third kappa shape index (κ3) is 4.77.